The van der Waals surface area contributed by atoms with Crippen LogP contribution in [-0.4, -0.2) is 30.1 Å². The van der Waals surface area contributed by atoms with E-state index < -0.39 is 0 Å². The minimum absolute atomic E-state index is 0.134. The van der Waals surface area contributed by atoms with Gasteiger partial charge in [-0.3, -0.25) is 9.59 Å². The predicted molar refractivity (Wildman–Crippen MR) is 102 cm³/mol. The van der Waals surface area contributed by atoms with E-state index in [9.17, 15) is 9.59 Å². The zero-order valence-corrected chi connectivity index (χ0v) is 15.2. The Morgan fingerprint density at radius 3 is 2.81 bits per heavy atom. The van der Waals surface area contributed by atoms with E-state index >= 15 is 0 Å². The highest BCUT2D eigenvalue weighted by atomic mass is 16.5. The number of aryl methyl sites for hydroxylation is 1. The van der Waals surface area contributed by atoms with Crippen molar-refractivity contribution in [2.75, 3.05) is 14.2 Å². The van der Waals surface area contributed by atoms with Crippen LogP contribution >= 0.6 is 0 Å². The summed E-state index contributed by atoms with van der Waals surface area (Å²) < 4.78 is 10.3. The molecule has 1 aliphatic rings. The minimum atomic E-state index is -0.330. The van der Waals surface area contributed by atoms with Crippen LogP contribution in [0.5, 0.6) is 11.5 Å². The number of aromatic nitrogens is 2. The molecule has 27 heavy (non-hydrogen) atoms. The first-order valence-corrected chi connectivity index (χ1v) is 8.86. The van der Waals surface area contributed by atoms with E-state index in [1.54, 1.807) is 7.11 Å². The van der Waals surface area contributed by atoms with Crippen molar-refractivity contribution in [1.29, 1.82) is 0 Å². The molecule has 1 atom stereocenters. The highest BCUT2D eigenvalue weighted by Crippen LogP contribution is 2.36. The number of H-pyrrole nitrogens is 2. The summed E-state index contributed by atoms with van der Waals surface area (Å²) in [6, 6.07) is 7.06. The maximum atomic E-state index is 12.6. The lowest BCUT2D eigenvalue weighted by Crippen LogP contribution is -2.32. The van der Waals surface area contributed by atoms with Crippen LogP contribution in [0.25, 0.3) is 10.9 Å². The SMILES string of the molecule is COc1ccc2[nH]c3c(c2c1)CCC[C@@H]3NC(=O)c1cc(=O)c(OC)c[nH]1. The van der Waals surface area contributed by atoms with Crippen LogP contribution in [0.4, 0.5) is 0 Å². The summed E-state index contributed by atoms with van der Waals surface area (Å²) in [7, 11) is 3.07. The van der Waals surface area contributed by atoms with Gasteiger partial charge in [-0.2, -0.15) is 0 Å². The summed E-state index contributed by atoms with van der Waals surface area (Å²) in [4.78, 5) is 30.8. The van der Waals surface area contributed by atoms with Gasteiger partial charge in [-0.1, -0.05) is 0 Å². The maximum absolute atomic E-state index is 12.6. The molecule has 4 rings (SSSR count). The number of ether oxygens (including phenoxy) is 2. The van der Waals surface area contributed by atoms with Crippen molar-refractivity contribution in [3.8, 4) is 11.5 Å². The number of fused-ring (bicyclic) bond motifs is 3. The number of amides is 1. The van der Waals surface area contributed by atoms with E-state index in [1.807, 2.05) is 18.2 Å². The van der Waals surface area contributed by atoms with Gasteiger partial charge in [0.2, 0.25) is 5.43 Å². The van der Waals surface area contributed by atoms with Gasteiger partial charge in [0.25, 0.3) is 5.91 Å². The Balaban J connectivity index is 1.64. The number of methoxy groups -OCH3 is 2. The average Bonchev–Trinajstić information content (AvgIpc) is 3.06. The zero-order chi connectivity index (χ0) is 19.0. The van der Waals surface area contributed by atoms with Gasteiger partial charge in [0, 0.05) is 28.9 Å². The molecular weight excluding hydrogens is 346 g/mol. The van der Waals surface area contributed by atoms with Crippen molar-refractivity contribution in [2.45, 2.75) is 25.3 Å². The molecule has 1 aliphatic carbocycles. The summed E-state index contributed by atoms with van der Waals surface area (Å²) in [6.45, 7) is 0. The van der Waals surface area contributed by atoms with Gasteiger partial charge in [-0.15, -0.1) is 0 Å². The first kappa shape index (κ1) is 17.2. The molecule has 1 aromatic carbocycles. The second-order valence-electron chi connectivity index (χ2n) is 6.63. The first-order chi connectivity index (χ1) is 13.1. The number of hydrogen-bond acceptors (Lipinski definition) is 4. The van der Waals surface area contributed by atoms with E-state index in [0.717, 1.165) is 41.6 Å². The van der Waals surface area contributed by atoms with Gasteiger partial charge in [0.1, 0.15) is 11.4 Å². The van der Waals surface area contributed by atoms with Crippen LogP contribution in [0, 0.1) is 0 Å². The van der Waals surface area contributed by atoms with Crippen LogP contribution in [0.1, 0.15) is 40.6 Å². The lowest BCUT2D eigenvalue weighted by molar-refractivity contribution is 0.0926. The molecule has 0 radical (unpaired) electrons. The number of aromatic amines is 2. The predicted octanol–water partition coefficient (Wildman–Crippen LogP) is 2.68. The van der Waals surface area contributed by atoms with Crippen LogP contribution in [0.15, 0.2) is 35.3 Å². The quantitative estimate of drug-likeness (QED) is 0.661. The van der Waals surface area contributed by atoms with Crippen molar-refractivity contribution < 1.29 is 14.3 Å². The largest absolute Gasteiger partial charge is 0.497 e. The Morgan fingerprint density at radius 2 is 2.07 bits per heavy atom. The molecular formula is C20H21N3O4. The Hall–Kier alpha value is -3.22. The van der Waals surface area contributed by atoms with Crippen LogP contribution in [-0.2, 0) is 6.42 Å². The maximum Gasteiger partial charge on any atom is 0.268 e. The van der Waals surface area contributed by atoms with Crippen molar-refractivity contribution >= 4 is 16.8 Å². The Morgan fingerprint density at radius 1 is 1.22 bits per heavy atom. The van der Waals surface area contributed by atoms with Gasteiger partial charge in [0.05, 0.1) is 20.3 Å². The number of nitrogens with one attached hydrogen (secondary N) is 3. The molecule has 140 valence electrons. The molecule has 3 N–H and O–H groups in total. The van der Waals surface area contributed by atoms with E-state index in [4.69, 9.17) is 9.47 Å². The highest BCUT2D eigenvalue weighted by Gasteiger charge is 2.26. The Kier molecular flexibility index (Phi) is 4.35. The molecule has 3 aromatic rings. The molecule has 0 fully saturated rings. The zero-order valence-electron chi connectivity index (χ0n) is 15.2. The molecule has 0 spiro atoms. The topological polar surface area (TPSA) is 96.2 Å². The highest BCUT2D eigenvalue weighted by molar-refractivity contribution is 5.93. The van der Waals surface area contributed by atoms with Crippen molar-refractivity contribution in [1.82, 2.24) is 15.3 Å². The second-order valence-corrected chi connectivity index (χ2v) is 6.63. The second kappa shape index (κ2) is 6.83. The normalized spacial score (nSPS) is 16.0. The lowest BCUT2D eigenvalue weighted by atomic mass is 9.91. The smallest absolute Gasteiger partial charge is 0.268 e. The summed E-state index contributed by atoms with van der Waals surface area (Å²) in [6.07, 6.45) is 4.16. The van der Waals surface area contributed by atoms with E-state index in [0.29, 0.717) is 0 Å². The standard InChI is InChI=1S/C20H21N3O4/c1-26-11-6-7-14-13(8-11)12-4-3-5-15(19(12)22-14)23-20(25)16-9-17(24)18(27-2)10-21-16/h6-10,15,22H,3-5H2,1-2H3,(H,21,24)(H,23,25)/t15-/m0/s1. The van der Waals surface area contributed by atoms with Crippen molar-refractivity contribution in [3.63, 3.8) is 0 Å². The molecule has 2 heterocycles. The molecule has 0 bridgehead atoms. The van der Waals surface area contributed by atoms with Crippen molar-refractivity contribution in [2.24, 2.45) is 0 Å². The Labute approximate surface area is 155 Å². The lowest BCUT2D eigenvalue weighted by Gasteiger charge is -2.23. The molecule has 0 unspecified atom stereocenters. The number of benzene rings is 1. The summed E-state index contributed by atoms with van der Waals surface area (Å²) in [5, 5.41) is 4.16. The minimum Gasteiger partial charge on any atom is -0.497 e. The number of rotatable bonds is 4. The van der Waals surface area contributed by atoms with E-state index in [1.165, 1.54) is 24.9 Å². The third kappa shape index (κ3) is 3.05. The first-order valence-electron chi connectivity index (χ1n) is 8.86. The molecule has 0 saturated heterocycles. The monoisotopic (exact) mass is 367 g/mol. The molecule has 7 nitrogen and oxygen atoms in total. The summed E-state index contributed by atoms with van der Waals surface area (Å²) in [5.74, 6) is 0.672. The third-order valence-corrected chi connectivity index (χ3v) is 5.06. The molecule has 2 aromatic heterocycles. The van der Waals surface area contributed by atoms with Crippen LogP contribution in [0.2, 0.25) is 0 Å². The van der Waals surface area contributed by atoms with Crippen LogP contribution in [0.3, 0.4) is 0 Å². The third-order valence-electron chi connectivity index (χ3n) is 5.06. The fourth-order valence-electron chi connectivity index (χ4n) is 3.70. The molecule has 0 saturated carbocycles. The number of carbonyl (C=O) groups is 1. The molecule has 0 aliphatic heterocycles. The Bertz CT molecular complexity index is 1070. The van der Waals surface area contributed by atoms with Gasteiger partial charge in [-0.25, -0.2) is 0 Å². The number of carbonyl (C=O) groups excluding carboxylic acids is 1. The average molecular weight is 367 g/mol. The van der Waals surface area contributed by atoms with Gasteiger partial charge in [-0.05, 0) is 43.0 Å². The van der Waals surface area contributed by atoms with E-state index in [-0.39, 0.29) is 28.8 Å². The van der Waals surface area contributed by atoms with Crippen molar-refractivity contribution in [3.05, 3.63) is 57.6 Å². The summed E-state index contributed by atoms with van der Waals surface area (Å²) in [5.41, 5.74) is 3.14. The number of pyridine rings is 1. The molecule has 7 heteroatoms. The van der Waals surface area contributed by atoms with Crippen LogP contribution < -0.4 is 20.2 Å². The van der Waals surface area contributed by atoms with E-state index in [2.05, 4.69) is 15.3 Å². The molecule has 1 amide bonds. The van der Waals surface area contributed by atoms with Gasteiger partial charge in [0.15, 0.2) is 5.75 Å². The fourth-order valence-corrected chi connectivity index (χ4v) is 3.70. The fraction of sp³-hybridized carbons (Fsp3) is 0.300. The summed E-state index contributed by atoms with van der Waals surface area (Å²) >= 11 is 0. The number of hydrogen-bond donors (Lipinski definition) is 3. The van der Waals surface area contributed by atoms with Gasteiger partial charge < -0.3 is 24.8 Å². The van der Waals surface area contributed by atoms with Gasteiger partial charge >= 0.3 is 0 Å².